The van der Waals surface area contributed by atoms with Gasteiger partial charge in [-0.2, -0.15) is 0 Å². The lowest BCUT2D eigenvalue weighted by molar-refractivity contribution is 0.459. The molecule has 1 radical (unpaired) electrons. The number of benzene rings is 2. The third kappa shape index (κ3) is 5.29. The molecule has 0 saturated heterocycles. The van der Waals surface area contributed by atoms with Gasteiger partial charge in [0.25, 0.3) is 0 Å². The second-order valence-electron chi connectivity index (χ2n) is 7.89. The molecule has 0 N–H and O–H groups in total. The van der Waals surface area contributed by atoms with Crippen LogP contribution < -0.4 is 19.7 Å². The molecule has 2 nitrogen and oxygen atoms in total. The van der Waals surface area contributed by atoms with Gasteiger partial charge in [-0.1, -0.05) is 73.9 Å². The van der Waals surface area contributed by atoms with Gasteiger partial charge in [0.15, 0.2) is 0 Å². The quantitative estimate of drug-likeness (QED) is 0.745. The molecule has 2 rings (SSSR count). The lowest BCUT2D eigenvalue weighted by atomic mass is 10.3. The molecule has 0 saturated carbocycles. The number of hydrogen-bond acceptors (Lipinski definition) is 2. The van der Waals surface area contributed by atoms with E-state index in [1.807, 2.05) is 24.3 Å². The maximum Gasteiger partial charge on any atom is 0.658 e. The van der Waals surface area contributed by atoms with Crippen molar-refractivity contribution >= 4 is 34.2 Å². The van der Waals surface area contributed by atoms with Crippen molar-refractivity contribution in [3.05, 3.63) is 48.5 Å². The molecule has 0 heterocycles. The average Bonchev–Trinajstić information content (AvgIpc) is 2.46. The van der Waals surface area contributed by atoms with Crippen molar-refractivity contribution < 1.29 is 9.31 Å². The predicted molar refractivity (Wildman–Crippen MR) is 106 cm³/mol. The SMILES string of the molecule is C[Si](C)(C)c1cccc(O[B]Oc2cccc([Si](C)(C)C)c2)c1. The third-order valence-corrected chi connectivity index (χ3v) is 7.85. The zero-order valence-corrected chi connectivity index (χ0v) is 17.0. The summed E-state index contributed by atoms with van der Waals surface area (Å²) >= 11 is 0. The summed E-state index contributed by atoms with van der Waals surface area (Å²) in [6.07, 6.45) is 0. The van der Waals surface area contributed by atoms with E-state index in [1.54, 1.807) is 0 Å². The summed E-state index contributed by atoms with van der Waals surface area (Å²) in [5.74, 6) is 1.65. The minimum Gasteiger partial charge on any atom is -0.526 e. The lowest BCUT2D eigenvalue weighted by Gasteiger charge is -2.18. The Hall–Kier alpha value is -1.46. The fourth-order valence-electron chi connectivity index (χ4n) is 2.21. The molecule has 0 aliphatic carbocycles. The normalized spacial score (nSPS) is 11.9. The zero-order valence-electron chi connectivity index (χ0n) is 15.0. The first-order valence-corrected chi connectivity index (χ1v) is 15.0. The van der Waals surface area contributed by atoms with Gasteiger partial charge in [0.05, 0.1) is 16.1 Å². The van der Waals surface area contributed by atoms with Gasteiger partial charge in [0.1, 0.15) is 11.5 Å². The van der Waals surface area contributed by atoms with Crippen LogP contribution in [-0.2, 0) is 0 Å². The summed E-state index contributed by atoms with van der Waals surface area (Å²) in [4.78, 5) is 0. The molecule has 0 aliphatic heterocycles. The molecule has 0 spiro atoms. The van der Waals surface area contributed by atoms with Crippen LogP contribution in [0.1, 0.15) is 0 Å². The molecule has 0 fully saturated rings. The molecule has 0 atom stereocenters. The largest absolute Gasteiger partial charge is 0.658 e. The Bertz CT molecular complexity index is 603. The standard InChI is InChI=1S/C18H26BO2Si2/c1-22(2,3)17-11-7-9-15(13-17)20-19-21-16-10-8-12-18(14-16)23(4,5)6/h7-14H,1-6H3. The van der Waals surface area contributed by atoms with Crippen molar-refractivity contribution in [2.45, 2.75) is 39.3 Å². The summed E-state index contributed by atoms with van der Waals surface area (Å²) in [5.41, 5.74) is 0. The van der Waals surface area contributed by atoms with Gasteiger partial charge in [-0.3, -0.25) is 0 Å². The van der Waals surface area contributed by atoms with E-state index in [4.69, 9.17) is 9.31 Å². The fourth-order valence-corrected chi connectivity index (χ4v) is 4.55. The second-order valence-corrected chi connectivity index (χ2v) is 18.0. The number of rotatable bonds is 6. The van der Waals surface area contributed by atoms with Crippen molar-refractivity contribution in [3.63, 3.8) is 0 Å². The van der Waals surface area contributed by atoms with E-state index < -0.39 is 16.1 Å². The molecule has 0 aliphatic rings. The van der Waals surface area contributed by atoms with Crippen LogP contribution in [0.3, 0.4) is 0 Å². The first-order chi connectivity index (χ1) is 10.7. The van der Waals surface area contributed by atoms with Crippen LogP contribution in [0, 0.1) is 0 Å². The maximum atomic E-state index is 5.66. The lowest BCUT2D eigenvalue weighted by Crippen LogP contribution is -2.37. The molecule has 23 heavy (non-hydrogen) atoms. The molecule has 5 heteroatoms. The Labute approximate surface area is 143 Å². The molecule has 0 unspecified atom stereocenters. The molecule has 0 bridgehead atoms. The Morgan fingerprint density at radius 1 is 0.652 bits per heavy atom. The molecular formula is C18H26BO2Si2. The van der Waals surface area contributed by atoms with Gasteiger partial charge in [-0.05, 0) is 24.3 Å². The Kier molecular flexibility index (Phi) is 5.42. The van der Waals surface area contributed by atoms with E-state index in [0.717, 1.165) is 11.5 Å². The fraction of sp³-hybridized carbons (Fsp3) is 0.333. The van der Waals surface area contributed by atoms with Crippen molar-refractivity contribution in [1.82, 2.24) is 0 Å². The van der Waals surface area contributed by atoms with Crippen LogP contribution in [0.25, 0.3) is 0 Å². The summed E-state index contributed by atoms with van der Waals surface area (Å²) in [6.45, 7) is 14.0. The van der Waals surface area contributed by atoms with E-state index in [1.165, 1.54) is 18.1 Å². The first kappa shape index (κ1) is 17.9. The van der Waals surface area contributed by atoms with Crippen molar-refractivity contribution in [2.24, 2.45) is 0 Å². The predicted octanol–water partition coefficient (Wildman–Crippen LogP) is 3.77. The highest BCUT2D eigenvalue weighted by molar-refractivity contribution is 6.89. The van der Waals surface area contributed by atoms with E-state index in [9.17, 15) is 0 Å². The van der Waals surface area contributed by atoms with Crippen molar-refractivity contribution in [3.8, 4) is 11.5 Å². The summed E-state index contributed by atoms with van der Waals surface area (Å²) in [6, 6.07) is 16.6. The monoisotopic (exact) mass is 341 g/mol. The minimum atomic E-state index is -1.33. The van der Waals surface area contributed by atoms with Gasteiger partial charge in [0.2, 0.25) is 0 Å². The van der Waals surface area contributed by atoms with E-state index in [0.29, 0.717) is 0 Å². The molecule has 2 aromatic rings. The summed E-state index contributed by atoms with van der Waals surface area (Å²) in [7, 11) is -1.23. The minimum absolute atomic E-state index is 0.825. The van der Waals surface area contributed by atoms with Crippen LogP contribution in [0.5, 0.6) is 11.5 Å². The Morgan fingerprint density at radius 3 is 1.39 bits per heavy atom. The zero-order chi connectivity index (χ0) is 17.1. The highest BCUT2D eigenvalue weighted by Crippen LogP contribution is 2.14. The van der Waals surface area contributed by atoms with Crippen LogP contribution >= 0.6 is 0 Å². The van der Waals surface area contributed by atoms with Gasteiger partial charge in [-0.15, -0.1) is 0 Å². The van der Waals surface area contributed by atoms with Crippen LogP contribution in [0.4, 0.5) is 0 Å². The van der Waals surface area contributed by atoms with Crippen LogP contribution in [-0.4, -0.2) is 23.8 Å². The topological polar surface area (TPSA) is 18.5 Å². The van der Waals surface area contributed by atoms with Gasteiger partial charge < -0.3 is 9.31 Å². The Balaban J connectivity index is 1.98. The molecule has 0 aromatic heterocycles. The maximum absolute atomic E-state index is 5.66. The molecule has 121 valence electrons. The van der Waals surface area contributed by atoms with Crippen molar-refractivity contribution in [2.75, 3.05) is 0 Å². The summed E-state index contributed by atoms with van der Waals surface area (Å²) in [5, 5.41) is 2.76. The molecule has 0 amide bonds. The third-order valence-electron chi connectivity index (χ3n) is 3.77. The van der Waals surface area contributed by atoms with Gasteiger partial charge in [0, 0.05) is 0 Å². The first-order valence-electron chi connectivity index (χ1n) is 8.02. The smallest absolute Gasteiger partial charge is 0.526 e. The summed E-state index contributed by atoms with van der Waals surface area (Å²) < 4.78 is 11.3. The van der Waals surface area contributed by atoms with Crippen molar-refractivity contribution in [1.29, 1.82) is 0 Å². The van der Waals surface area contributed by atoms with E-state index in [-0.39, 0.29) is 0 Å². The van der Waals surface area contributed by atoms with Crippen LogP contribution in [0.15, 0.2) is 48.5 Å². The highest BCUT2D eigenvalue weighted by atomic mass is 28.3. The average molecular weight is 341 g/mol. The van der Waals surface area contributed by atoms with Gasteiger partial charge in [-0.25, -0.2) is 0 Å². The Morgan fingerprint density at radius 2 is 1.04 bits per heavy atom. The second kappa shape index (κ2) is 6.97. The van der Waals surface area contributed by atoms with E-state index >= 15 is 0 Å². The molecular weight excluding hydrogens is 315 g/mol. The molecule has 2 aromatic carbocycles. The highest BCUT2D eigenvalue weighted by Gasteiger charge is 2.18. The van der Waals surface area contributed by atoms with Crippen LogP contribution in [0.2, 0.25) is 39.3 Å². The van der Waals surface area contributed by atoms with Gasteiger partial charge >= 0.3 is 7.69 Å². The number of hydrogen-bond donors (Lipinski definition) is 0. The van der Waals surface area contributed by atoms with E-state index in [2.05, 4.69) is 63.5 Å².